The molecule has 1 aliphatic heterocycles. The van der Waals surface area contributed by atoms with Crippen molar-refractivity contribution in [2.75, 3.05) is 14.2 Å². The average molecular weight is 315 g/mol. The zero-order chi connectivity index (χ0) is 16.2. The van der Waals surface area contributed by atoms with E-state index in [-0.39, 0.29) is 5.91 Å². The van der Waals surface area contributed by atoms with E-state index in [4.69, 9.17) is 9.47 Å². The number of aromatic nitrogens is 2. The first-order valence-corrected chi connectivity index (χ1v) is 7.76. The Labute approximate surface area is 135 Å². The smallest absolute Gasteiger partial charge is 0.271 e. The van der Waals surface area contributed by atoms with Crippen LogP contribution in [0.5, 0.6) is 11.5 Å². The molecular formula is C17H21N3O3. The second kappa shape index (κ2) is 6.73. The molecule has 0 saturated heterocycles. The van der Waals surface area contributed by atoms with E-state index in [9.17, 15) is 4.79 Å². The number of nitrogens with one attached hydrogen (secondary N) is 1. The maximum Gasteiger partial charge on any atom is 0.271 e. The second-order valence-corrected chi connectivity index (χ2v) is 5.60. The third kappa shape index (κ3) is 3.47. The quantitative estimate of drug-likeness (QED) is 0.918. The lowest BCUT2D eigenvalue weighted by Crippen LogP contribution is -2.23. The molecule has 0 fully saturated rings. The third-order valence-corrected chi connectivity index (χ3v) is 4.01. The topological polar surface area (TPSA) is 65.4 Å². The Kier molecular flexibility index (Phi) is 4.50. The number of hydrogen-bond acceptors (Lipinski definition) is 4. The van der Waals surface area contributed by atoms with E-state index in [1.165, 1.54) is 0 Å². The summed E-state index contributed by atoms with van der Waals surface area (Å²) in [7, 11) is 3.21. The molecule has 1 N–H and O–H groups in total. The third-order valence-electron chi connectivity index (χ3n) is 4.01. The molecule has 0 unspecified atom stereocenters. The maximum absolute atomic E-state index is 12.3. The predicted octanol–water partition coefficient (Wildman–Crippen LogP) is 2.17. The number of nitrogens with zero attached hydrogens (tertiary/aromatic N) is 2. The minimum absolute atomic E-state index is 0.159. The highest BCUT2D eigenvalue weighted by Gasteiger charge is 2.16. The number of carbonyl (C=O) groups excluding carboxylic acids is 1. The number of imidazole rings is 1. The minimum Gasteiger partial charge on any atom is -0.497 e. The fourth-order valence-corrected chi connectivity index (χ4v) is 2.76. The number of carbonyl (C=O) groups is 1. The van der Waals surface area contributed by atoms with Crippen LogP contribution in [0, 0.1) is 0 Å². The van der Waals surface area contributed by atoms with Gasteiger partial charge in [-0.3, -0.25) is 4.79 Å². The standard InChI is InChI=1S/C17H21N3O3/c1-22-13-7-12(8-14(9-13)23-2)10-18-17(21)15-11-20-6-4-3-5-16(20)19-15/h7-9,11H,3-6,10H2,1-2H3,(H,18,21). The van der Waals surface area contributed by atoms with Gasteiger partial charge in [-0.15, -0.1) is 0 Å². The largest absolute Gasteiger partial charge is 0.497 e. The molecule has 0 aliphatic carbocycles. The molecule has 1 aliphatic rings. The number of benzene rings is 1. The fraction of sp³-hybridized carbons (Fsp3) is 0.412. The number of hydrogen-bond donors (Lipinski definition) is 1. The van der Waals surface area contributed by atoms with Gasteiger partial charge in [-0.1, -0.05) is 0 Å². The molecule has 23 heavy (non-hydrogen) atoms. The van der Waals surface area contributed by atoms with Gasteiger partial charge in [-0.25, -0.2) is 4.98 Å². The Balaban J connectivity index is 1.68. The van der Waals surface area contributed by atoms with Gasteiger partial charge in [0.05, 0.1) is 14.2 Å². The number of amides is 1. The summed E-state index contributed by atoms with van der Waals surface area (Å²) in [6.07, 6.45) is 5.08. The highest BCUT2D eigenvalue weighted by molar-refractivity contribution is 5.92. The van der Waals surface area contributed by atoms with Crippen LogP contribution in [0.1, 0.15) is 34.7 Å². The highest BCUT2D eigenvalue weighted by atomic mass is 16.5. The van der Waals surface area contributed by atoms with E-state index in [1.54, 1.807) is 20.3 Å². The van der Waals surface area contributed by atoms with Crippen molar-refractivity contribution < 1.29 is 14.3 Å². The van der Waals surface area contributed by atoms with Crippen molar-refractivity contribution in [3.8, 4) is 11.5 Å². The molecule has 0 atom stereocenters. The molecule has 122 valence electrons. The first-order chi connectivity index (χ1) is 11.2. The van der Waals surface area contributed by atoms with Gasteiger partial charge >= 0.3 is 0 Å². The van der Waals surface area contributed by atoms with Crippen LogP contribution in [-0.4, -0.2) is 29.7 Å². The SMILES string of the molecule is COc1cc(CNC(=O)c2cn3c(n2)CCCC3)cc(OC)c1. The van der Waals surface area contributed by atoms with Gasteiger partial charge in [-0.2, -0.15) is 0 Å². The lowest BCUT2D eigenvalue weighted by molar-refractivity contribution is 0.0946. The van der Waals surface area contributed by atoms with Crippen LogP contribution < -0.4 is 14.8 Å². The van der Waals surface area contributed by atoms with Gasteiger partial charge < -0.3 is 19.4 Å². The molecule has 0 spiro atoms. The van der Waals surface area contributed by atoms with E-state index in [0.717, 1.165) is 37.2 Å². The van der Waals surface area contributed by atoms with Gasteiger partial charge in [0.15, 0.2) is 0 Å². The lowest BCUT2D eigenvalue weighted by atomic mass is 10.2. The van der Waals surface area contributed by atoms with Gasteiger partial charge in [0, 0.05) is 31.8 Å². The van der Waals surface area contributed by atoms with Crippen LogP contribution in [0.2, 0.25) is 0 Å². The Morgan fingerprint density at radius 3 is 2.61 bits per heavy atom. The summed E-state index contributed by atoms with van der Waals surface area (Å²) in [6.45, 7) is 1.34. The Morgan fingerprint density at radius 2 is 1.96 bits per heavy atom. The molecule has 1 amide bonds. The summed E-state index contributed by atoms with van der Waals surface area (Å²) >= 11 is 0. The van der Waals surface area contributed by atoms with Crippen molar-refractivity contribution in [2.24, 2.45) is 0 Å². The summed E-state index contributed by atoms with van der Waals surface area (Å²) in [4.78, 5) is 16.7. The number of aryl methyl sites for hydroxylation is 2. The summed E-state index contributed by atoms with van der Waals surface area (Å²) in [6, 6.07) is 5.55. The monoisotopic (exact) mass is 315 g/mol. The second-order valence-electron chi connectivity index (χ2n) is 5.60. The Bertz CT molecular complexity index is 663. The molecule has 2 aromatic rings. The van der Waals surface area contributed by atoms with Crippen molar-refractivity contribution in [3.63, 3.8) is 0 Å². The van der Waals surface area contributed by atoms with E-state index in [2.05, 4.69) is 14.9 Å². The first kappa shape index (κ1) is 15.4. The molecule has 2 heterocycles. The van der Waals surface area contributed by atoms with Gasteiger partial charge in [0.2, 0.25) is 0 Å². The molecule has 0 radical (unpaired) electrons. The number of methoxy groups -OCH3 is 2. The summed E-state index contributed by atoms with van der Waals surface area (Å²) in [5.41, 5.74) is 1.40. The molecule has 6 heteroatoms. The number of rotatable bonds is 5. The summed E-state index contributed by atoms with van der Waals surface area (Å²) in [5, 5.41) is 2.90. The van der Waals surface area contributed by atoms with Gasteiger partial charge in [0.1, 0.15) is 23.0 Å². The van der Waals surface area contributed by atoms with E-state index in [0.29, 0.717) is 23.7 Å². The van der Waals surface area contributed by atoms with Crippen molar-refractivity contribution in [1.82, 2.24) is 14.9 Å². The van der Waals surface area contributed by atoms with Crippen molar-refractivity contribution >= 4 is 5.91 Å². The zero-order valence-electron chi connectivity index (χ0n) is 13.5. The normalized spacial score (nSPS) is 13.3. The van der Waals surface area contributed by atoms with Crippen LogP contribution in [0.25, 0.3) is 0 Å². The van der Waals surface area contributed by atoms with Crippen LogP contribution in [0.4, 0.5) is 0 Å². The van der Waals surface area contributed by atoms with Crippen LogP contribution in [0.15, 0.2) is 24.4 Å². The van der Waals surface area contributed by atoms with Crippen LogP contribution in [-0.2, 0) is 19.5 Å². The number of ether oxygens (including phenoxy) is 2. The van der Waals surface area contributed by atoms with Gasteiger partial charge in [0.25, 0.3) is 5.91 Å². The molecule has 0 saturated carbocycles. The first-order valence-electron chi connectivity index (χ1n) is 7.76. The van der Waals surface area contributed by atoms with E-state index >= 15 is 0 Å². The Hall–Kier alpha value is -2.50. The van der Waals surface area contributed by atoms with Crippen molar-refractivity contribution in [1.29, 1.82) is 0 Å². The van der Waals surface area contributed by atoms with Gasteiger partial charge in [-0.05, 0) is 30.5 Å². The lowest BCUT2D eigenvalue weighted by Gasteiger charge is -2.11. The maximum atomic E-state index is 12.3. The van der Waals surface area contributed by atoms with Crippen LogP contribution in [0.3, 0.4) is 0 Å². The molecular weight excluding hydrogens is 294 g/mol. The molecule has 3 rings (SSSR count). The summed E-state index contributed by atoms with van der Waals surface area (Å²) < 4.78 is 12.5. The van der Waals surface area contributed by atoms with E-state index in [1.807, 2.05) is 18.3 Å². The molecule has 0 bridgehead atoms. The minimum atomic E-state index is -0.159. The fourth-order valence-electron chi connectivity index (χ4n) is 2.76. The number of fused-ring (bicyclic) bond motifs is 1. The summed E-state index contributed by atoms with van der Waals surface area (Å²) in [5.74, 6) is 2.25. The molecule has 6 nitrogen and oxygen atoms in total. The van der Waals surface area contributed by atoms with Crippen molar-refractivity contribution in [3.05, 3.63) is 41.5 Å². The van der Waals surface area contributed by atoms with Crippen LogP contribution >= 0.6 is 0 Å². The van der Waals surface area contributed by atoms with E-state index < -0.39 is 0 Å². The Morgan fingerprint density at radius 1 is 1.22 bits per heavy atom. The average Bonchev–Trinajstić information content (AvgIpc) is 3.03. The molecule has 1 aromatic heterocycles. The molecule has 1 aromatic carbocycles. The predicted molar refractivity (Wildman–Crippen MR) is 85.9 cm³/mol. The highest BCUT2D eigenvalue weighted by Crippen LogP contribution is 2.22. The van der Waals surface area contributed by atoms with Crippen molar-refractivity contribution in [2.45, 2.75) is 32.4 Å². The zero-order valence-corrected chi connectivity index (χ0v) is 13.5.